The van der Waals surface area contributed by atoms with E-state index in [9.17, 15) is 9.59 Å². The molecule has 0 spiro atoms. The predicted molar refractivity (Wildman–Crippen MR) is 100 cm³/mol. The van der Waals surface area contributed by atoms with Crippen molar-refractivity contribution >= 4 is 11.9 Å². The van der Waals surface area contributed by atoms with Crippen LogP contribution in [0.25, 0.3) is 0 Å². The van der Waals surface area contributed by atoms with Crippen molar-refractivity contribution in [2.24, 2.45) is 0 Å². The summed E-state index contributed by atoms with van der Waals surface area (Å²) in [7, 11) is 0. The van der Waals surface area contributed by atoms with Gasteiger partial charge < -0.3 is 14.8 Å². The molecule has 1 N–H and O–H groups in total. The van der Waals surface area contributed by atoms with Crippen LogP contribution in [0.15, 0.2) is 42.5 Å². The molecule has 0 aliphatic rings. The van der Waals surface area contributed by atoms with Gasteiger partial charge in [0.25, 0.3) is 5.91 Å². The minimum absolute atomic E-state index is 0.0957. The first-order chi connectivity index (χ1) is 12.5. The van der Waals surface area contributed by atoms with E-state index in [1.165, 1.54) is 0 Å². The van der Waals surface area contributed by atoms with Gasteiger partial charge in [-0.3, -0.25) is 9.59 Å². The molecule has 0 aliphatic carbocycles. The minimum atomic E-state index is -0.457. The van der Waals surface area contributed by atoms with Gasteiger partial charge in [0.15, 0.2) is 6.61 Å². The molecule has 5 nitrogen and oxygen atoms in total. The Bertz CT molecular complexity index is 770. The van der Waals surface area contributed by atoms with Crippen LogP contribution in [0.1, 0.15) is 28.7 Å². The van der Waals surface area contributed by atoms with Crippen molar-refractivity contribution < 1.29 is 19.1 Å². The van der Waals surface area contributed by atoms with E-state index in [2.05, 4.69) is 5.32 Å². The molecule has 0 saturated heterocycles. The number of carbonyl (C=O) groups is 2. The highest BCUT2D eigenvalue weighted by molar-refractivity contribution is 5.80. The SMILES string of the molecule is Cc1ccc(C)c(OCCC(=O)OCC(=O)NCc2ccccc2C)c1. The quantitative estimate of drug-likeness (QED) is 0.739. The standard InChI is InChI=1S/C21H25NO4/c1-15-8-9-17(3)19(12-15)25-11-10-21(24)26-14-20(23)22-13-18-7-5-4-6-16(18)2/h4-9,12H,10-11,13-14H2,1-3H3,(H,22,23). The normalized spacial score (nSPS) is 10.3. The molecule has 2 rings (SSSR count). The highest BCUT2D eigenvalue weighted by Gasteiger charge is 2.09. The zero-order chi connectivity index (χ0) is 18.9. The second-order valence-electron chi connectivity index (χ2n) is 6.23. The average Bonchev–Trinajstić information content (AvgIpc) is 2.62. The van der Waals surface area contributed by atoms with E-state index in [1.54, 1.807) is 0 Å². The van der Waals surface area contributed by atoms with Crippen molar-refractivity contribution in [2.45, 2.75) is 33.7 Å². The zero-order valence-corrected chi connectivity index (χ0v) is 15.5. The van der Waals surface area contributed by atoms with Crippen LogP contribution < -0.4 is 10.1 Å². The van der Waals surface area contributed by atoms with E-state index in [0.717, 1.165) is 28.0 Å². The Morgan fingerprint density at radius 2 is 1.77 bits per heavy atom. The van der Waals surface area contributed by atoms with Crippen LogP contribution in [0.5, 0.6) is 5.75 Å². The Kier molecular flexibility index (Phi) is 7.21. The first kappa shape index (κ1) is 19.5. The maximum absolute atomic E-state index is 11.8. The van der Waals surface area contributed by atoms with Crippen molar-refractivity contribution in [2.75, 3.05) is 13.2 Å². The Morgan fingerprint density at radius 3 is 2.54 bits per heavy atom. The van der Waals surface area contributed by atoms with Crippen LogP contribution in [0.4, 0.5) is 0 Å². The number of benzene rings is 2. The molecule has 0 aromatic heterocycles. The Balaban J connectivity index is 1.66. The molecule has 0 atom stereocenters. The summed E-state index contributed by atoms with van der Waals surface area (Å²) >= 11 is 0. The lowest BCUT2D eigenvalue weighted by molar-refractivity contribution is -0.149. The molecule has 1 amide bonds. The molecule has 138 valence electrons. The monoisotopic (exact) mass is 355 g/mol. The van der Waals surface area contributed by atoms with Crippen LogP contribution in [0.2, 0.25) is 0 Å². The molecule has 26 heavy (non-hydrogen) atoms. The molecule has 0 unspecified atom stereocenters. The predicted octanol–water partition coefficient (Wildman–Crippen LogP) is 3.24. The van der Waals surface area contributed by atoms with Crippen molar-refractivity contribution in [3.8, 4) is 5.75 Å². The topological polar surface area (TPSA) is 64.6 Å². The van der Waals surface area contributed by atoms with E-state index < -0.39 is 5.97 Å². The molecular formula is C21H25NO4. The highest BCUT2D eigenvalue weighted by atomic mass is 16.5. The minimum Gasteiger partial charge on any atom is -0.493 e. The van der Waals surface area contributed by atoms with Crippen LogP contribution >= 0.6 is 0 Å². The Morgan fingerprint density at radius 1 is 1.00 bits per heavy atom. The van der Waals surface area contributed by atoms with Crippen LogP contribution in [-0.4, -0.2) is 25.1 Å². The highest BCUT2D eigenvalue weighted by Crippen LogP contribution is 2.19. The van der Waals surface area contributed by atoms with Crippen LogP contribution in [0, 0.1) is 20.8 Å². The molecule has 0 bridgehead atoms. The maximum atomic E-state index is 11.8. The number of hydrogen-bond donors (Lipinski definition) is 1. The molecule has 0 fully saturated rings. The van der Waals surface area contributed by atoms with Crippen LogP contribution in [0.3, 0.4) is 0 Å². The summed E-state index contributed by atoms with van der Waals surface area (Å²) in [5.74, 6) is -0.0211. The first-order valence-corrected chi connectivity index (χ1v) is 8.62. The number of ether oxygens (including phenoxy) is 2. The summed E-state index contributed by atoms with van der Waals surface area (Å²) in [5.41, 5.74) is 4.25. The molecular weight excluding hydrogens is 330 g/mol. The van der Waals surface area contributed by atoms with Gasteiger partial charge in [-0.25, -0.2) is 0 Å². The van der Waals surface area contributed by atoms with Gasteiger partial charge in [-0.05, 0) is 49.1 Å². The number of aryl methyl sites for hydroxylation is 3. The summed E-state index contributed by atoms with van der Waals surface area (Å²) in [6.45, 7) is 6.26. The van der Waals surface area contributed by atoms with Gasteiger partial charge in [-0.2, -0.15) is 0 Å². The van der Waals surface area contributed by atoms with E-state index in [-0.39, 0.29) is 25.5 Å². The largest absolute Gasteiger partial charge is 0.493 e. The summed E-state index contributed by atoms with van der Waals surface area (Å²) in [6.07, 6.45) is 0.0957. The Labute approximate surface area is 154 Å². The molecule has 0 radical (unpaired) electrons. The van der Waals surface area contributed by atoms with Crippen molar-refractivity contribution in [1.29, 1.82) is 0 Å². The van der Waals surface area contributed by atoms with Gasteiger partial charge in [-0.15, -0.1) is 0 Å². The lowest BCUT2D eigenvalue weighted by Gasteiger charge is -2.10. The van der Waals surface area contributed by atoms with Gasteiger partial charge >= 0.3 is 5.97 Å². The summed E-state index contributed by atoms with van der Waals surface area (Å²) in [5, 5.41) is 2.74. The molecule has 5 heteroatoms. The van der Waals surface area contributed by atoms with E-state index in [4.69, 9.17) is 9.47 Å². The van der Waals surface area contributed by atoms with Crippen molar-refractivity contribution in [3.05, 3.63) is 64.7 Å². The smallest absolute Gasteiger partial charge is 0.309 e. The van der Waals surface area contributed by atoms with Crippen LogP contribution in [-0.2, 0) is 20.9 Å². The number of rotatable bonds is 8. The van der Waals surface area contributed by atoms with E-state index in [0.29, 0.717) is 6.54 Å². The van der Waals surface area contributed by atoms with E-state index in [1.807, 2.05) is 63.2 Å². The number of carbonyl (C=O) groups excluding carboxylic acids is 2. The third-order valence-electron chi connectivity index (χ3n) is 4.01. The first-order valence-electron chi connectivity index (χ1n) is 8.62. The third-order valence-corrected chi connectivity index (χ3v) is 4.01. The van der Waals surface area contributed by atoms with Gasteiger partial charge in [-0.1, -0.05) is 36.4 Å². The van der Waals surface area contributed by atoms with E-state index >= 15 is 0 Å². The number of amides is 1. The molecule has 0 aliphatic heterocycles. The fourth-order valence-corrected chi connectivity index (χ4v) is 2.38. The average molecular weight is 355 g/mol. The maximum Gasteiger partial charge on any atom is 0.309 e. The molecule has 2 aromatic rings. The second-order valence-corrected chi connectivity index (χ2v) is 6.23. The molecule has 2 aromatic carbocycles. The van der Waals surface area contributed by atoms with Crippen molar-refractivity contribution in [1.82, 2.24) is 5.32 Å². The molecule has 0 heterocycles. The molecule has 0 saturated carbocycles. The van der Waals surface area contributed by atoms with Gasteiger partial charge in [0.05, 0.1) is 13.0 Å². The Hall–Kier alpha value is -2.82. The second kappa shape index (κ2) is 9.61. The summed E-state index contributed by atoms with van der Waals surface area (Å²) < 4.78 is 10.6. The number of hydrogen-bond acceptors (Lipinski definition) is 4. The van der Waals surface area contributed by atoms with Gasteiger partial charge in [0.2, 0.25) is 0 Å². The summed E-state index contributed by atoms with van der Waals surface area (Å²) in [4.78, 5) is 23.5. The number of nitrogens with one attached hydrogen (secondary N) is 1. The fraction of sp³-hybridized carbons (Fsp3) is 0.333. The lowest BCUT2D eigenvalue weighted by atomic mass is 10.1. The number of esters is 1. The zero-order valence-electron chi connectivity index (χ0n) is 15.5. The third kappa shape index (κ3) is 6.24. The van der Waals surface area contributed by atoms with Gasteiger partial charge in [0.1, 0.15) is 5.75 Å². The fourth-order valence-electron chi connectivity index (χ4n) is 2.38. The van der Waals surface area contributed by atoms with Crippen molar-refractivity contribution in [3.63, 3.8) is 0 Å². The lowest BCUT2D eigenvalue weighted by Crippen LogP contribution is -2.28. The summed E-state index contributed by atoms with van der Waals surface area (Å²) in [6, 6.07) is 13.7. The van der Waals surface area contributed by atoms with Gasteiger partial charge in [0, 0.05) is 6.54 Å².